The molecule has 0 bridgehead atoms. The molecule has 1 aromatic carbocycles. The summed E-state index contributed by atoms with van der Waals surface area (Å²) in [6.45, 7) is 6.23. The summed E-state index contributed by atoms with van der Waals surface area (Å²) in [7, 11) is -1.95. The molecule has 0 atom stereocenters. The maximum atomic E-state index is 12.9. The largest absolute Gasteiger partial charge is 0.343 e. The first kappa shape index (κ1) is 19.4. The Labute approximate surface area is 150 Å². The second-order valence-corrected chi connectivity index (χ2v) is 8.69. The molecule has 0 saturated carbocycles. The Bertz CT molecular complexity index is 788. The lowest BCUT2D eigenvalue weighted by Crippen LogP contribution is -2.45. The highest BCUT2D eigenvalue weighted by atomic mass is 32.2. The van der Waals surface area contributed by atoms with Gasteiger partial charge in [-0.3, -0.25) is 4.79 Å². The first-order valence-electron chi connectivity index (χ1n) is 8.46. The number of amides is 1. The van der Waals surface area contributed by atoms with E-state index in [4.69, 9.17) is 0 Å². The van der Waals surface area contributed by atoms with Crippen LogP contribution in [0.4, 0.5) is 0 Å². The second kappa shape index (κ2) is 7.54. The van der Waals surface area contributed by atoms with Crippen LogP contribution in [-0.2, 0) is 14.8 Å². The quantitative estimate of drug-likeness (QED) is 0.821. The van der Waals surface area contributed by atoms with Gasteiger partial charge in [0.2, 0.25) is 15.9 Å². The molecule has 1 aliphatic heterocycles. The molecule has 1 heterocycles. The molecular weight excluding hydrogens is 338 g/mol. The third-order valence-corrected chi connectivity index (χ3v) is 6.83. The zero-order valence-corrected chi connectivity index (χ0v) is 16.0. The van der Waals surface area contributed by atoms with Gasteiger partial charge in [-0.2, -0.15) is 9.57 Å². The smallest absolute Gasteiger partial charge is 0.244 e. The normalized spacial score (nSPS) is 16.6. The van der Waals surface area contributed by atoms with Crippen LogP contribution in [-0.4, -0.2) is 49.7 Å². The number of nitriles is 1. The van der Waals surface area contributed by atoms with Crippen LogP contribution in [0, 0.1) is 24.2 Å². The standard InChI is InChI=1S/C18H25N3O3S/c1-13(2)20(4)18(22)15-8-10-21(11-9-15)25(23,24)17-7-5-6-14(3)16(17)12-19/h5-7,13,15H,8-11H2,1-4H3. The number of aryl methyl sites for hydroxylation is 1. The van der Waals surface area contributed by atoms with Crippen LogP contribution in [0.1, 0.15) is 37.8 Å². The number of hydrogen-bond donors (Lipinski definition) is 0. The van der Waals surface area contributed by atoms with Crippen molar-refractivity contribution in [1.29, 1.82) is 5.26 Å². The Morgan fingerprint density at radius 3 is 2.44 bits per heavy atom. The van der Waals surface area contributed by atoms with Crippen molar-refractivity contribution in [1.82, 2.24) is 9.21 Å². The third-order valence-electron chi connectivity index (χ3n) is 4.89. The lowest BCUT2D eigenvalue weighted by atomic mass is 9.96. The summed E-state index contributed by atoms with van der Waals surface area (Å²) in [5, 5.41) is 9.31. The Morgan fingerprint density at radius 1 is 1.32 bits per heavy atom. The van der Waals surface area contributed by atoms with Gasteiger partial charge >= 0.3 is 0 Å². The van der Waals surface area contributed by atoms with Crippen LogP contribution < -0.4 is 0 Å². The fourth-order valence-electron chi connectivity index (χ4n) is 3.02. The zero-order valence-electron chi connectivity index (χ0n) is 15.2. The summed E-state index contributed by atoms with van der Waals surface area (Å²) in [6, 6.07) is 6.97. The molecule has 0 aromatic heterocycles. The average molecular weight is 363 g/mol. The summed E-state index contributed by atoms with van der Waals surface area (Å²) in [6.07, 6.45) is 1.01. The molecule has 1 amide bonds. The topological polar surface area (TPSA) is 81.5 Å². The minimum atomic E-state index is -3.73. The van der Waals surface area contributed by atoms with E-state index < -0.39 is 10.0 Å². The highest BCUT2D eigenvalue weighted by molar-refractivity contribution is 7.89. The van der Waals surface area contributed by atoms with Gasteiger partial charge in [0, 0.05) is 32.1 Å². The first-order valence-corrected chi connectivity index (χ1v) is 9.90. The highest BCUT2D eigenvalue weighted by Crippen LogP contribution is 2.27. The Hall–Kier alpha value is -1.91. The van der Waals surface area contributed by atoms with E-state index in [1.165, 1.54) is 10.4 Å². The van der Waals surface area contributed by atoms with Crippen LogP contribution in [0.3, 0.4) is 0 Å². The molecule has 1 saturated heterocycles. The second-order valence-electron chi connectivity index (χ2n) is 6.78. The third kappa shape index (κ3) is 3.86. The average Bonchev–Trinajstić information content (AvgIpc) is 2.60. The minimum Gasteiger partial charge on any atom is -0.343 e. The van der Waals surface area contributed by atoms with E-state index in [2.05, 4.69) is 0 Å². The monoisotopic (exact) mass is 363 g/mol. The van der Waals surface area contributed by atoms with Crippen LogP contribution in [0.5, 0.6) is 0 Å². The van der Waals surface area contributed by atoms with E-state index in [1.54, 1.807) is 31.0 Å². The number of carbonyl (C=O) groups is 1. The summed E-state index contributed by atoms with van der Waals surface area (Å²) < 4.78 is 27.2. The zero-order chi connectivity index (χ0) is 18.8. The maximum Gasteiger partial charge on any atom is 0.244 e. The molecule has 0 unspecified atom stereocenters. The van der Waals surface area contributed by atoms with E-state index in [9.17, 15) is 18.5 Å². The number of nitrogens with zero attached hydrogens (tertiary/aromatic N) is 3. The molecule has 7 heteroatoms. The lowest BCUT2D eigenvalue weighted by molar-refractivity contribution is -0.136. The minimum absolute atomic E-state index is 0.0547. The molecular formula is C18H25N3O3S. The molecule has 1 aliphatic rings. The van der Waals surface area contributed by atoms with Crippen molar-refractivity contribution in [3.63, 3.8) is 0 Å². The van der Waals surface area contributed by atoms with Crippen LogP contribution in [0.25, 0.3) is 0 Å². The number of hydrogen-bond acceptors (Lipinski definition) is 4. The maximum absolute atomic E-state index is 12.9. The van der Waals surface area contributed by atoms with Crippen molar-refractivity contribution >= 4 is 15.9 Å². The van der Waals surface area contributed by atoms with Crippen molar-refractivity contribution in [2.24, 2.45) is 5.92 Å². The van der Waals surface area contributed by atoms with Crippen molar-refractivity contribution in [2.45, 2.75) is 44.6 Å². The molecule has 2 rings (SSSR count). The number of sulfonamides is 1. The predicted octanol–water partition coefficient (Wildman–Crippen LogP) is 2.13. The van der Waals surface area contributed by atoms with E-state index in [0.29, 0.717) is 31.5 Å². The number of carbonyl (C=O) groups excluding carboxylic acids is 1. The fourth-order valence-corrected chi connectivity index (χ4v) is 4.71. The van der Waals surface area contributed by atoms with Gasteiger partial charge in [-0.05, 0) is 45.2 Å². The number of benzene rings is 1. The van der Waals surface area contributed by atoms with Crippen LogP contribution in [0.2, 0.25) is 0 Å². The van der Waals surface area contributed by atoms with Gasteiger partial charge in [-0.15, -0.1) is 0 Å². The van der Waals surface area contributed by atoms with Crippen LogP contribution in [0.15, 0.2) is 23.1 Å². The fraction of sp³-hybridized carbons (Fsp3) is 0.556. The molecule has 0 aliphatic carbocycles. The van der Waals surface area contributed by atoms with E-state index in [-0.39, 0.29) is 28.3 Å². The summed E-state index contributed by atoms with van der Waals surface area (Å²) in [4.78, 5) is 14.2. The van der Waals surface area contributed by atoms with Crippen molar-refractivity contribution < 1.29 is 13.2 Å². The SMILES string of the molecule is Cc1cccc(S(=O)(=O)N2CCC(C(=O)N(C)C(C)C)CC2)c1C#N. The Balaban J connectivity index is 2.17. The Morgan fingerprint density at radius 2 is 1.92 bits per heavy atom. The van der Waals surface area contributed by atoms with Gasteiger partial charge in [0.15, 0.2) is 0 Å². The molecule has 1 aromatic rings. The van der Waals surface area contributed by atoms with Gasteiger partial charge in [-0.25, -0.2) is 8.42 Å². The Kier molecular flexibility index (Phi) is 5.86. The first-order chi connectivity index (χ1) is 11.7. The van der Waals surface area contributed by atoms with Gasteiger partial charge in [0.1, 0.15) is 11.0 Å². The molecule has 1 fully saturated rings. The molecule has 0 spiro atoms. The van der Waals surface area contributed by atoms with Gasteiger partial charge < -0.3 is 4.90 Å². The summed E-state index contributed by atoms with van der Waals surface area (Å²) in [5.41, 5.74) is 0.840. The number of piperidine rings is 1. The van der Waals surface area contributed by atoms with Gasteiger partial charge in [0.05, 0.1) is 5.56 Å². The van der Waals surface area contributed by atoms with E-state index >= 15 is 0 Å². The van der Waals surface area contributed by atoms with Crippen LogP contribution >= 0.6 is 0 Å². The van der Waals surface area contributed by atoms with Crippen molar-refractivity contribution in [3.8, 4) is 6.07 Å². The highest BCUT2D eigenvalue weighted by Gasteiger charge is 2.34. The van der Waals surface area contributed by atoms with E-state index in [0.717, 1.165) is 0 Å². The summed E-state index contributed by atoms with van der Waals surface area (Å²) in [5.74, 6) is -0.0767. The van der Waals surface area contributed by atoms with Gasteiger partial charge in [0.25, 0.3) is 0 Å². The molecule has 6 nitrogen and oxygen atoms in total. The van der Waals surface area contributed by atoms with Crippen molar-refractivity contribution in [2.75, 3.05) is 20.1 Å². The predicted molar refractivity (Wildman–Crippen MR) is 95.3 cm³/mol. The lowest BCUT2D eigenvalue weighted by Gasteiger charge is -2.33. The molecule has 25 heavy (non-hydrogen) atoms. The number of rotatable bonds is 4. The van der Waals surface area contributed by atoms with Gasteiger partial charge in [-0.1, -0.05) is 12.1 Å². The molecule has 136 valence electrons. The molecule has 0 N–H and O–H groups in total. The summed E-state index contributed by atoms with van der Waals surface area (Å²) >= 11 is 0. The van der Waals surface area contributed by atoms with Crippen molar-refractivity contribution in [3.05, 3.63) is 29.3 Å². The molecule has 0 radical (unpaired) electrons. The van der Waals surface area contributed by atoms with E-state index in [1.807, 2.05) is 19.9 Å².